The minimum absolute atomic E-state index is 0.0380. The summed E-state index contributed by atoms with van der Waals surface area (Å²) in [6.45, 7) is 1.49. The Kier molecular flexibility index (Phi) is 3.98. The number of hydrogen-bond acceptors (Lipinski definition) is 3. The average molecular weight is 234 g/mol. The number of carbonyl (C=O) groups is 1. The molecule has 4 nitrogen and oxygen atoms in total. The van der Waals surface area contributed by atoms with E-state index in [1.165, 1.54) is 5.56 Å². The van der Waals surface area contributed by atoms with Crippen LogP contribution in [0.3, 0.4) is 0 Å². The molecule has 0 saturated heterocycles. The molecule has 0 unspecified atom stereocenters. The molecular formula is C13H18N2O2. The van der Waals surface area contributed by atoms with Crippen molar-refractivity contribution in [2.45, 2.75) is 19.3 Å². The van der Waals surface area contributed by atoms with E-state index >= 15 is 0 Å². The summed E-state index contributed by atoms with van der Waals surface area (Å²) in [5.41, 5.74) is 2.04. The first-order chi connectivity index (χ1) is 8.29. The smallest absolute Gasteiger partial charge is 0.225 e. The van der Waals surface area contributed by atoms with Gasteiger partial charge in [-0.25, -0.2) is 0 Å². The summed E-state index contributed by atoms with van der Waals surface area (Å²) in [5.74, 6) is 0.987. The van der Waals surface area contributed by atoms with Crippen LogP contribution >= 0.6 is 0 Å². The Morgan fingerprint density at radius 1 is 1.47 bits per heavy atom. The van der Waals surface area contributed by atoms with Gasteiger partial charge >= 0.3 is 0 Å². The topological polar surface area (TPSA) is 50.4 Å². The number of nitrogens with one attached hydrogen (secondary N) is 2. The van der Waals surface area contributed by atoms with Gasteiger partial charge < -0.3 is 15.4 Å². The Morgan fingerprint density at radius 2 is 2.35 bits per heavy atom. The zero-order valence-electron chi connectivity index (χ0n) is 10.1. The molecule has 2 rings (SSSR count). The van der Waals surface area contributed by atoms with Crippen molar-refractivity contribution in [3.05, 3.63) is 23.8 Å². The summed E-state index contributed by atoms with van der Waals surface area (Å²) in [7, 11) is 1.84. The van der Waals surface area contributed by atoms with Gasteiger partial charge in [0.25, 0.3) is 0 Å². The highest BCUT2D eigenvalue weighted by atomic mass is 16.5. The summed E-state index contributed by atoms with van der Waals surface area (Å²) < 4.78 is 5.53. The third-order valence-electron chi connectivity index (χ3n) is 2.79. The molecule has 4 heteroatoms. The molecule has 1 aromatic carbocycles. The van der Waals surface area contributed by atoms with Crippen molar-refractivity contribution in [3.8, 4) is 5.75 Å². The lowest BCUT2D eigenvalue weighted by Crippen LogP contribution is -2.19. The molecule has 1 aromatic rings. The van der Waals surface area contributed by atoms with E-state index < -0.39 is 0 Å². The van der Waals surface area contributed by atoms with E-state index in [1.54, 1.807) is 0 Å². The normalized spacial score (nSPS) is 13.7. The molecule has 0 saturated carbocycles. The summed E-state index contributed by atoms with van der Waals surface area (Å²) in [4.78, 5) is 11.6. The predicted molar refractivity (Wildman–Crippen MR) is 67.4 cm³/mol. The van der Waals surface area contributed by atoms with E-state index in [1.807, 2.05) is 25.2 Å². The van der Waals surface area contributed by atoms with Crippen molar-refractivity contribution in [2.24, 2.45) is 0 Å². The highest BCUT2D eigenvalue weighted by molar-refractivity contribution is 5.91. The average Bonchev–Trinajstić information content (AvgIpc) is 2.36. The lowest BCUT2D eigenvalue weighted by molar-refractivity contribution is -0.116. The van der Waals surface area contributed by atoms with Crippen LogP contribution in [-0.4, -0.2) is 26.1 Å². The fourth-order valence-electron chi connectivity index (χ4n) is 1.90. The van der Waals surface area contributed by atoms with Crippen LogP contribution in [0.25, 0.3) is 0 Å². The molecule has 1 aliphatic rings. The highest BCUT2D eigenvalue weighted by Gasteiger charge is 2.11. The van der Waals surface area contributed by atoms with Crippen LogP contribution in [0.4, 0.5) is 5.69 Å². The minimum Gasteiger partial charge on any atom is -0.493 e. The maximum absolute atomic E-state index is 11.6. The monoisotopic (exact) mass is 234 g/mol. The number of ether oxygens (including phenoxy) is 1. The van der Waals surface area contributed by atoms with Crippen molar-refractivity contribution in [1.29, 1.82) is 0 Å². The number of benzene rings is 1. The number of carbonyl (C=O) groups excluding carboxylic acids is 1. The second-order valence-electron chi connectivity index (χ2n) is 4.18. The van der Waals surface area contributed by atoms with Crippen LogP contribution in [0.1, 0.15) is 18.4 Å². The van der Waals surface area contributed by atoms with Crippen LogP contribution in [0.15, 0.2) is 18.2 Å². The van der Waals surface area contributed by atoms with Crippen LogP contribution in [-0.2, 0) is 11.2 Å². The molecule has 0 aromatic heterocycles. The van der Waals surface area contributed by atoms with Crippen molar-refractivity contribution in [2.75, 3.05) is 25.5 Å². The number of amides is 1. The molecule has 1 aliphatic heterocycles. The molecule has 0 bridgehead atoms. The van der Waals surface area contributed by atoms with E-state index in [-0.39, 0.29) is 5.91 Å². The van der Waals surface area contributed by atoms with Crippen LogP contribution in [0.5, 0.6) is 5.75 Å². The molecule has 1 heterocycles. The standard InChI is InChI=1S/C13H18N2O2/c1-14-7-6-13(16)15-11-4-5-12-10(9-11)3-2-8-17-12/h4-5,9,14H,2-3,6-8H2,1H3,(H,15,16). The molecule has 92 valence electrons. The fraction of sp³-hybridized carbons (Fsp3) is 0.462. The lowest BCUT2D eigenvalue weighted by Gasteiger charge is -2.18. The van der Waals surface area contributed by atoms with Gasteiger partial charge in [-0.3, -0.25) is 4.79 Å². The first-order valence-corrected chi connectivity index (χ1v) is 6.00. The van der Waals surface area contributed by atoms with E-state index in [0.717, 1.165) is 30.9 Å². The number of hydrogen-bond donors (Lipinski definition) is 2. The largest absolute Gasteiger partial charge is 0.493 e. The Balaban J connectivity index is 1.99. The fourth-order valence-corrected chi connectivity index (χ4v) is 1.90. The third-order valence-corrected chi connectivity index (χ3v) is 2.79. The molecule has 0 radical (unpaired) electrons. The first kappa shape index (κ1) is 11.9. The molecular weight excluding hydrogens is 216 g/mol. The van der Waals surface area contributed by atoms with Gasteiger partial charge in [-0.1, -0.05) is 0 Å². The van der Waals surface area contributed by atoms with E-state index in [2.05, 4.69) is 10.6 Å². The minimum atomic E-state index is 0.0380. The van der Waals surface area contributed by atoms with Crippen molar-refractivity contribution >= 4 is 11.6 Å². The van der Waals surface area contributed by atoms with Crippen molar-refractivity contribution < 1.29 is 9.53 Å². The van der Waals surface area contributed by atoms with E-state index in [0.29, 0.717) is 13.0 Å². The van der Waals surface area contributed by atoms with Gasteiger partial charge in [0.15, 0.2) is 0 Å². The third kappa shape index (κ3) is 3.20. The molecule has 2 N–H and O–H groups in total. The summed E-state index contributed by atoms with van der Waals surface area (Å²) in [5, 5.41) is 5.85. The Hall–Kier alpha value is -1.55. The zero-order valence-corrected chi connectivity index (χ0v) is 10.1. The van der Waals surface area contributed by atoms with Crippen LogP contribution < -0.4 is 15.4 Å². The lowest BCUT2D eigenvalue weighted by atomic mass is 10.1. The Morgan fingerprint density at radius 3 is 3.18 bits per heavy atom. The molecule has 0 aliphatic carbocycles. The van der Waals surface area contributed by atoms with Gasteiger partial charge in [0.2, 0.25) is 5.91 Å². The van der Waals surface area contributed by atoms with Crippen molar-refractivity contribution in [1.82, 2.24) is 5.32 Å². The summed E-state index contributed by atoms with van der Waals surface area (Å²) in [6, 6.07) is 5.83. The summed E-state index contributed by atoms with van der Waals surface area (Å²) in [6.07, 6.45) is 2.56. The quantitative estimate of drug-likeness (QED) is 0.831. The van der Waals surface area contributed by atoms with E-state index in [9.17, 15) is 4.79 Å². The first-order valence-electron chi connectivity index (χ1n) is 6.00. The maximum atomic E-state index is 11.6. The highest BCUT2D eigenvalue weighted by Crippen LogP contribution is 2.27. The number of fused-ring (bicyclic) bond motifs is 1. The maximum Gasteiger partial charge on any atom is 0.225 e. The van der Waals surface area contributed by atoms with Gasteiger partial charge in [-0.15, -0.1) is 0 Å². The zero-order chi connectivity index (χ0) is 12.1. The second kappa shape index (κ2) is 5.68. The molecule has 0 atom stereocenters. The summed E-state index contributed by atoms with van der Waals surface area (Å²) >= 11 is 0. The second-order valence-corrected chi connectivity index (χ2v) is 4.18. The Labute approximate surface area is 101 Å². The molecule has 0 spiro atoms. The van der Waals surface area contributed by atoms with Gasteiger partial charge in [0.05, 0.1) is 6.61 Å². The number of anilines is 1. The predicted octanol–water partition coefficient (Wildman–Crippen LogP) is 1.56. The number of rotatable bonds is 4. The van der Waals surface area contributed by atoms with Gasteiger partial charge in [0.1, 0.15) is 5.75 Å². The van der Waals surface area contributed by atoms with Crippen molar-refractivity contribution in [3.63, 3.8) is 0 Å². The SMILES string of the molecule is CNCCC(=O)Nc1ccc2c(c1)CCCO2. The molecule has 1 amide bonds. The van der Waals surface area contributed by atoms with E-state index in [4.69, 9.17) is 4.74 Å². The number of aryl methyl sites for hydroxylation is 1. The van der Waals surface area contributed by atoms with Gasteiger partial charge in [-0.2, -0.15) is 0 Å². The Bertz CT molecular complexity index is 404. The molecule has 17 heavy (non-hydrogen) atoms. The van der Waals surface area contributed by atoms with Crippen LogP contribution in [0, 0.1) is 0 Å². The van der Waals surface area contributed by atoms with Gasteiger partial charge in [-0.05, 0) is 43.7 Å². The molecule has 0 fully saturated rings. The van der Waals surface area contributed by atoms with Gasteiger partial charge in [0, 0.05) is 18.7 Å². The van der Waals surface area contributed by atoms with Crippen LogP contribution in [0.2, 0.25) is 0 Å².